The molecule has 1 atom stereocenters. The summed E-state index contributed by atoms with van der Waals surface area (Å²) in [4.78, 5) is 12.3. The topological polar surface area (TPSA) is 51.8 Å². The molecule has 3 aromatic heterocycles. The summed E-state index contributed by atoms with van der Waals surface area (Å²) >= 11 is 0. The molecule has 0 radical (unpaired) electrons. The molecule has 41 heavy (non-hydrogen) atoms. The summed E-state index contributed by atoms with van der Waals surface area (Å²) in [6, 6.07) is 27.9. The Morgan fingerprint density at radius 3 is 2.54 bits per heavy atom. The highest BCUT2D eigenvalue weighted by molar-refractivity contribution is 5.93. The van der Waals surface area contributed by atoms with E-state index in [1.807, 2.05) is 30.1 Å². The smallest absolute Gasteiger partial charge is 0.123 e. The third-order valence-electron chi connectivity index (χ3n) is 8.50. The summed E-state index contributed by atoms with van der Waals surface area (Å²) in [5.41, 5.74) is 7.22. The maximum absolute atomic E-state index is 13.9. The maximum Gasteiger partial charge on any atom is 0.123 e. The Morgan fingerprint density at radius 2 is 1.73 bits per heavy atom. The third kappa shape index (κ3) is 4.80. The average molecular weight is 545 g/mol. The van der Waals surface area contributed by atoms with Crippen molar-refractivity contribution in [2.75, 3.05) is 13.1 Å². The van der Waals surface area contributed by atoms with Crippen LogP contribution >= 0.6 is 0 Å². The van der Waals surface area contributed by atoms with Crippen molar-refractivity contribution in [2.24, 2.45) is 7.05 Å². The number of para-hydroxylation sites is 2. The van der Waals surface area contributed by atoms with Gasteiger partial charge in [0.1, 0.15) is 17.3 Å². The molecule has 7 heteroatoms. The van der Waals surface area contributed by atoms with E-state index < -0.39 is 0 Å². The fraction of sp³-hybridized carbons (Fsp3) is 0.265. The van der Waals surface area contributed by atoms with E-state index in [1.165, 1.54) is 23.0 Å². The molecular formula is C34H33FN6. The fourth-order valence-corrected chi connectivity index (χ4v) is 6.37. The van der Waals surface area contributed by atoms with Crippen molar-refractivity contribution >= 4 is 21.9 Å². The molecule has 4 heterocycles. The van der Waals surface area contributed by atoms with E-state index in [4.69, 9.17) is 10.1 Å². The molecule has 1 aliphatic rings. The Hall–Kier alpha value is -4.36. The van der Waals surface area contributed by atoms with Gasteiger partial charge < -0.3 is 4.57 Å². The minimum Gasteiger partial charge on any atom is -0.319 e. The highest BCUT2D eigenvalue weighted by Gasteiger charge is 2.28. The first kappa shape index (κ1) is 25.6. The predicted octanol–water partition coefficient (Wildman–Crippen LogP) is 7.11. The molecule has 0 saturated carbocycles. The van der Waals surface area contributed by atoms with Crippen LogP contribution in [0.4, 0.5) is 4.39 Å². The molecule has 0 amide bonds. The molecule has 0 N–H and O–H groups in total. The van der Waals surface area contributed by atoms with E-state index >= 15 is 0 Å². The van der Waals surface area contributed by atoms with Crippen LogP contribution in [0.15, 0.2) is 91.1 Å². The average Bonchev–Trinajstić information content (AvgIpc) is 3.55. The van der Waals surface area contributed by atoms with Crippen LogP contribution in [0, 0.1) is 5.82 Å². The first-order valence-electron chi connectivity index (χ1n) is 14.4. The number of fused-ring (bicyclic) bond motifs is 2. The molecule has 0 aliphatic carbocycles. The normalized spacial score (nSPS) is 15.6. The molecule has 7 rings (SSSR count). The van der Waals surface area contributed by atoms with Crippen molar-refractivity contribution < 1.29 is 4.39 Å². The molecule has 1 fully saturated rings. The van der Waals surface area contributed by atoms with Crippen LogP contribution in [-0.4, -0.2) is 42.3 Å². The molecule has 1 saturated heterocycles. The number of aryl methyl sites for hydroxylation is 1. The summed E-state index contributed by atoms with van der Waals surface area (Å²) in [6.45, 7) is 5.15. The predicted molar refractivity (Wildman–Crippen MR) is 161 cm³/mol. The number of hydrogen-bond donors (Lipinski definition) is 0. The van der Waals surface area contributed by atoms with Gasteiger partial charge in [0, 0.05) is 36.7 Å². The van der Waals surface area contributed by atoms with Gasteiger partial charge in [0.15, 0.2) is 0 Å². The minimum atomic E-state index is -0.247. The monoisotopic (exact) mass is 544 g/mol. The molecule has 6 nitrogen and oxygen atoms in total. The van der Waals surface area contributed by atoms with Gasteiger partial charge >= 0.3 is 0 Å². The van der Waals surface area contributed by atoms with E-state index in [0.29, 0.717) is 5.92 Å². The van der Waals surface area contributed by atoms with E-state index in [-0.39, 0.29) is 11.9 Å². The lowest BCUT2D eigenvalue weighted by atomic mass is 9.95. The van der Waals surface area contributed by atoms with Crippen molar-refractivity contribution in [3.05, 3.63) is 114 Å². The van der Waals surface area contributed by atoms with Crippen molar-refractivity contribution in [2.45, 2.75) is 38.3 Å². The van der Waals surface area contributed by atoms with E-state index in [1.54, 1.807) is 12.1 Å². The standard InChI is InChI=1S/C34H33FN6/c1-23(29-10-5-6-17-36-29)41-31-12-4-3-11-30(31)37-34(41)25-15-18-40(19-16-25)22-24-13-14-28-32(20-24)39(2)38-33(28)26-8-7-9-27(35)21-26/h3-14,17,20-21,23,25H,15-16,18-19,22H2,1-2H3. The number of imidazole rings is 1. The van der Waals surface area contributed by atoms with Crippen LogP contribution in [0.25, 0.3) is 33.2 Å². The van der Waals surface area contributed by atoms with Gasteiger partial charge in [0.25, 0.3) is 0 Å². The largest absolute Gasteiger partial charge is 0.319 e. The molecular weight excluding hydrogens is 511 g/mol. The van der Waals surface area contributed by atoms with Crippen LogP contribution in [0.3, 0.4) is 0 Å². The Kier molecular flexibility index (Phi) is 6.59. The van der Waals surface area contributed by atoms with Crippen LogP contribution in [0.1, 0.15) is 48.8 Å². The van der Waals surface area contributed by atoms with Crippen molar-refractivity contribution in [1.82, 2.24) is 29.2 Å². The number of pyridine rings is 1. The van der Waals surface area contributed by atoms with E-state index in [0.717, 1.165) is 65.8 Å². The zero-order valence-corrected chi connectivity index (χ0v) is 23.4. The van der Waals surface area contributed by atoms with E-state index in [9.17, 15) is 4.39 Å². The van der Waals surface area contributed by atoms with Gasteiger partial charge in [-0.25, -0.2) is 9.37 Å². The molecule has 0 bridgehead atoms. The summed E-state index contributed by atoms with van der Waals surface area (Å²) in [6.07, 6.45) is 4.00. The van der Waals surface area contributed by atoms with Crippen molar-refractivity contribution in [3.63, 3.8) is 0 Å². The molecule has 1 unspecified atom stereocenters. The maximum atomic E-state index is 13.9. The lowest BCUT2D eigenvalue weighted by molar-refractivity contribution is 0.200. The summed E-state index contributed by atoms with van der Waals surface area (Å²) in [7, 11) is 1.96. The quantitative estimate of drug-likeness (QED) is 0.224. The summed E-state index contributed by atoms with van der Waals surface area (Å²) < 4.78 is 18.2. The Balaban J connectivity index is 1.10. The lowest BCUT2D eigenvalue weighted by Gasteiger charge is -2.32. The van der Waals surface area contributed by atoms with Gasteiger partial charge in [-0.2, -0.15) is 5.10 Å². The number of aromatic nitrogens is 5. The second kappa shape index (κ2) is 10.6. The first-order valence-corrected chi connectivity index (χ1v) is 14.4. The van der Waals surface area contributed by atoms with Crippen LogP contribution in [0.2, 0.25) is 0 Å². The van der Waals surface area contributed by atoms with Crippen LogP contribution in [-0.2, 0) is 13.6 Å². The Labute approximate surface area is 239 Å². The molecule has 3 aromatic carbocycles. The molecule has 206 valence electrons. The SMILES string of the molecule is CC(c1ccccn1)n1c(C2CCN(Cc3ccc4c(-c5cccc(F)c5)nn(C)c4c3)CC2)nc2ccccc21. The third-order valence-corrected chi connectivity index (χ3v) is 8.50. The lowest BCUT2D eigenvalue weighted by Crippen LogP contribution is -2.33. The number of nitrogens with zero attached hydrogens (tertiary/aromatic N) is 6. The zero-order chi connectivity index (χ0) is 27.9. The molecule has 0 spiro atoms. The van der Waals surface area contributed by atoms with Crippen LogP contribution < -0.4 is 0 Å². The number of likely N-dealkylation sites (tertiary alicyclic amines) is 1. The van der Waals surface area contributed by atoms with Gasteiger partial charge in [-0.05, 0) is 80.9 Å². The number of piperidine rings is 1. The second-order valence-corrected chi connectivity index (χ2v) is 11.1. The summed E-state index contributed by atoms with van der Waals surface area (Å²) in [5, 5.41) is 5.76. The van der Waals surface area contributed by atoms with E-state index in [2.05, 4.69) is 76.0 Å². The van der Waals surface area contributed by atoms with Gasteiger partial charge in [-0.3, -0.25) is 14.6 Å². The minimum absolute atomic E-state index is 0.111. The van der Waals surface area contributed by atoms with Gasteiger partial charge in [-0.1, -0.05) is 42.5 Å². The second-order valence-electron chi connectivity index (χ2n) is 11.1. The molecule has 1 aliphatic heterocycles. The first-order chi connectivity index (χ1) is 20.0. The van der Waals surface area contributed by atoms with Crippen molar-refractivity contribution in [1.29, 1.82) is 0 Å². The highest BCUT2D eigenvalue weighted by atomic mass is 19.1. The van der Waals surface area contributed by atoms with Gasteiger partial charge in [-0.15, -0.1) is 0 Å². The molecule has 6 aromatic rings. The number of benzene rings is 3. The zero-order valence-electron chi connectivity index (χ0n) is 23.4. The number of halogens is 1. The Morgan fingerprint density at radius 1 is 0.902 bits per heavy atom. The Bertz CT molecular complexity index is 1830. The fourth-order valence-electron chi connectivity index (χ4n) is 6.37. The van der Waals surface area contributed by atoms with Gasteiger partial charge in [0.2, 0.25) is 0 Å². The van der Waals surface area contributed by atoms with Crippen molar-refractivity contribution in [3.8, 4) is 11.3 Å². The summed E-state index contributed by atoms with van der Waals surface area (Å²) in [5.74, 6) is 1.33. The van der Waals surface area contributed by atoms with Gasteiger partial charge in [0.05, 0.1) is 28.3 Å². The highest BCUT2D eigenvalue weighted by Crippen LogP contribution is 2.35. The number of rotatable bonds is 6. The van der Waals surface area contributed by atoms with Crippen LogP contribution in [0.5, 0.6) is 0 Å². The number of hydrogen-bond acceptors (Lipinski definition) is 4.